The maximum atomic E-state index is 8.89. The Hall–Kier alpha value is -1.94. The Labute approximate surface area is 113 Å². The first-order valence-corrected chi connectivity index (χ1v) is 6.51. The Morgan fingerprint density at radius 1 is 1.21 bits per heavy atom. The zero-order valence-corrected chi connectivity index (χ0v) is 11.1. The summed E-state index contributed by atoms with van der Waals surface area (Å²) in [5, 5.41) is 12.1. The molecular weight excluding hydrogens is 238 g/mol. The minimum absolute atomic E-state index is 0.177. The Balaban J connectivity index is 2.03. The van der Waals surface area contributed by atoms with Gasteiger partial charge in [0, 0.05) is 25.3 Å². The summed E-state index contributed by atoms with van der Waals surface area (Å²) in [5.74, 6) is 1.61. The molecule has 0 saturated carbocycles. The molecule has 0 amide bonds. The fourth-order valence-corrected chi connectivity index (χ4v) is 1.86. The number of aliphatic hydroxyl groups excluding tert-OH is 1. The summed E-state index contributed by atoms with van der Waals surface area (Å²) in [6.07, 6.45) is 3.20. The molecule has 1 atom stereocenters. The third-order valence-corrected chi connectivity index (χ3v) is 2.87. The largest absolute Gasteiger partial charge is 0.396 e. The summed E-state index contributed by atoms with van der Waals surface area (Å²) in [4.78, 5) is 8.77. The topological polar surface area (TPSA) is 58.0 Å². The van der Waals surface area contributed by atoms with Crippen molar-refractivity contribution in [3.05, 3.63) is 54.0 Å². The second-order valence-corrected chi connectivity index (χ2v) is 4.58. The van der Waals surface area contributed by atoms with Crippen LogP contribution in [0.15, 0.2) is 42.6 Å². The van der Waals surface area contributed by atoms with Gasteiger partial charge in [0.15, 0.2) is 0 Å². The lowest BCUT2D eigenvalue weighted by atomic mass is 10.1. The highest BCUT2D eigenvalue weighted by Crippen LogP contribution is 2.09. The van der Waals surface area contributed by atoms with Crippen LogP contribution in [-0.4, -0.2) is 27.7 Å². The number of anilines is 1. The summed E-state index contributed by atoms with van der Waals surface area (Å²) in [6, 6.07) is 12.2. The molecule has 1 aromatic heterocycles. The third kappa shape index (κ3) is 4.34. The molecule has 0 unspecified atom stereocenters. The molecule has 2 aromatic rings. The molecule has 4 nitrogen and oxygen atoms in total. The monoisotopic (exact) mass is 257 g/mol. The minimum Gasteiger partial charge on any atom is -0.396 e. The molecule has 0 saturated heterocycles. The fraction of sp³-hybridized carbons (Fsp3) is 0.333. The molecule has 0 spiro atoms. The number of hydrogen-bond acceptors (Lipinski definition) is 4. The van der Waals surface area contributed by atoms with Gasteiger partial charge in [0.1, 0.15) is 11.6 Å². The van der Waals surface area contributed by atoms with Crippen LogP contribution < -0.4 is 5.32 Å². The Morgan fingerprint density at radius 2 is 2.00 bits per heavy atom. The van der Waals surface area contributed by atoms with Crippen molar-refractivity contribution in [3.8, 4) is 0 Å². The Morgan fingerprint density at radius 3 is 2.74 bits per heavy atom. The predicted molar refractivity (Wildman–Crippen MR) is 76.1 cm³/mol. The molecule has 1 aromatic carbocycles. The van der Waals surface area contributed by atoms with Crippen LogP contribution >= 0.6 is 0 Å². The van der Waals surface area contributed by atoms with Crippen LogP contribution in [0.5, 0.6) is 0 Å². The average Bonchev–Trinajstić information content (AvgIpc) is 2.40. The molecule has 2 N–H and O–H groups in total. The lowest BCUT2D eigenvalue weighted by Crippen LogP contribution is -2.17. The van der Waals surface area contributed by atoms with Crippen molar-refractivity contribution in [2.24, 2.45) is 0 Å². The highest BCUT2D eigenvalue weighted by Gasteiger charge is 2.04. The normalized spacial score (nSPS) is 12.1. The molecule has 2 rings (SSSR count). The van der Waals surface area contributed by atoms with Crippen molar-refractivity contribution in [1.82, 2.24) is 9.97 Å². The Bertz CT molecular complexity index is 502. The van der Waals surface area contributed by atoms with Crippen LogP contribution in [0, 0.1) is 0 Å². The van der Waals surface area contributed by atoms with Crippen LogP contribution in [0.4, 0.5) is 5.82 Å². The van der Waals surface area contributed by atoms with E-state index in [4.69, 9.17) is 5.11 Å². The van der Waals surface area contributed by atoms with E-state index in [9.17, 15) is 0 Å². The van der Waals surface area contributed by atoms with Gasteiger partial charge in [-0.05, 0) is 25.0 Å². The average molecular weight is 257 g/mol. The predicted octanol–water partition coefficient (Wildman–Crippen LogP) is 2.25. The molecule has 0 aliphatic heterocycles. The first kappa shape index (κ1) is 13.5. The van der Waals surface area contributed by atoms with Gasteiger partial charge in [0.05, 0.1) is 0 Å². The molecule has 19 heavy (non-hydrogen) atoms. The lowest BCUT2D eigenvalue weighted by molar-refractivity contribution is 0.282. The summed E-state index contributed by atoms with van der Waals surface area (Å²) < 4.78 is 0. The Kier molecular flexibility index (Phi) is 4.86. The second kappa shape index (κ2) is 6.85. The van der Waals surface area contributed by atoms with Gasteiger partial charge in [-0.2, -0.15) is 0 Å². The lowest BCUT2D eigenvalue weighted by Gasteiger charge is -2.13. The smallest absolute Gasteiger partial charge is 0.135 e. The van der Waals surface area contributed by atoms with E-state index in [-0.39, 0.29) is 12.6 Å². The number of aromatic nitrogens is 2. The summed E-state index contributed by atoms with van der Waals surface area (Å²) in [5.41, 5.74) is 1.20. The maximum Gasteiger partial charge on any atom is 0.135 e. The quantitative estimate of drug-likeness (QED) is 0.833. The molecule has 0 radical (unpaired) electrons. The molecule has 100 valence electrons. The first-order valence-electron chi connectivity index (χ1n) is 6.51. The van der Waals surface area contributed by atoms with Crippen molar-refractivity contribution >= 4 is 5.82 Å². The van der Waals surface area contributed by atoms with E-state index in [0.717, 1.165) is 18.1 Å². The van der Waals surface area contributed by atoms with Crippen LogP contribution in [0.3, 0.4) is 0 Å². The van der Waals surface area contributed by atoms with Crippen LogP contribution in [0.1, 0.15) is 24.7 Å². The van der Waals surface area contributed by atoms with Gasteiger partial charge >= 0.3 is 0 Å². The second-order valence-electron chi connectivity index (χ2n) is 4.58. The van der Waals surface area contributed by atoms with Gasteiger partial charge in [-0.1, -0.05) is 30.3 Å². The number of nitrogens with zero attached hydrogens (tertiary/aromatic N) is 2. The van der Waals surface area contributed by atoms with Crippen molar-refractivity contribution in [1.29, 1.82) is 0 Å². The van der Waals surface area contributed by atoms with Crippen molar-refractivity contribution in [3.63, 3.8) is 0 Å². The van der Waals surface area contributed by atoms with E-state index in [1.807, 2.05) is 31.2 Å². The zero-order valence-electron chi connectivity index (χ0n) is 11.1. The molecule has 0 fully saturated rings. The van der Waals surface area contributed by atoms with E-state index < -0.39 is 0 Å². The van der Waals surface area contributed by atoms with Gasteiger partial charge in [-0.3, -0.25) is 0 Å². The molecule has 0 bridgehead atoms. The highest BCUT2D eigenvalue weighted by molar-refractivity contribution is 5.34. The number of benzene rings is 1. The molecule has 0 aliphatic rings. The molecule has 1 heterocycles. The number of hydrogen-bond donors (Lipinski definition) is 2. The minimum atomic E-state index is 0.177. The maximum absolute atomic E-state index is 8.89. The van der Waals surface area contributed by atoms with Gasteiger partial charge < -0.3 is 10.4 Å². The van der Waals surface area contributed by atoms with Crippen LogP contribution in [0.25, 0.3) is 0 Å². The van der Waals surface area contributed by atoms with Crippen molar-refractivity contribution in [2.75, 3.05) is 11.9 Å². The van der Waals surface area contributed by atoms with Gasteiger partial charge in [-0.25, -0.2) is 9.97 Å². The van der Waals surface area contributed by atoms with Gasteiger partial charge in [-0.15, -0.1) is 0 Å². The summed E-state index contributed by atoms with van der Waals surface area (Å²) in [7, 11) is 0. The fourth-order valence-electron chi connectivity index (χ4n) is 1.86. The third-order valence-electron chi connectivity index (χ3n) is 2.87. The summed E-state index contributed by atoms with van der Waals surface area (Å²) in [6.45, 7) is 2.20. The summed E-state index contributed by atoms with van der Waals surface area (Å²) >= 11 is 0. The SMILES string of the molecule is C[C@H](CCO)Nc1ccnc(Cc2ccccc2)n1. The van der Waals surface area contributed by atoms with Crippen molar-refractivity contribution < 1.29 is 5.11 Å². The van der Waals surface area contributed by atoms with Crippen LogP contribution in [0.2, 0.25) is 0 Å². The van der Waals surface area contributed by atoms with Crippen molar-refractivity contribution in [2.45, 2.75) is 25.8 Å². The number of aliphatic hydroxyl groups is 1. The van der Waals surface area contributed by atoms with E-state index >= 15 is 0 Å². The van der Waals surface area contributed by atoms with Gasteiger partial charge in [0.2, 0.25) is 0 Å². The first-order chi connectivity index (χ1) is 9.28. The van der Waals surface area contributed by atoms with E-state index in [2.05, 4.69) is 27.4 Å². The number of rotatable bonds is 6. The highest BCUT2D eigenvalue weighted by atomic mass is 16.3. The van der Waals surface area contributed by atoms with Gasteiger partial charge in [0.25, 0.3) is 0 Å². The van der Waals surface area contributed by atoms with E-state index in [1.165, 1.54) is 5.56 Å². The van der Waals surface area contributed by atoms with E-state index in [1.54, 1.807) is 6.20 Å². The molecule has 0 aliphatic carbocycles. The number of nitrogens with one attached hydrogen (secondary N) is 1. The van der Waals surface area contributed by atoms with Crippen LogP contribution in [-0.2, 0) is 6.42 Å². The molecular formula is C15H19N3O. The van der Waals surface area contributed by atoms with E-state index in [0.29, 0.717) is 6.42 Å². The standard InChI is InChI=1S/C15H19N3O/c1-12(8-10-19)17-14-7-9-16-15(18-14)11-13-5-3-2-4-6-13/h2-7,9,12,19H,8,10-11H2,1H3,(H,16,17,18)/t12-/m1/s1. The zero-order chi connectivity index (χ0) is 13.5. The molecule has 4 heteroatoms.